The van der Waals surface area contributed by atoms with Crippen molar-refractivity contribution in [1.82, 2.24) is 0 Å². The Balaban J connectivity index is 0.00000144. The van der Waals surface area contributed by atoms with Gasteiger partial charge in [-0.05, 0) is 5.56 Å². The van der Waals surface area contributed by atoms with E-state index >= 15 is 0 Å². The van der Waals surface area contributed by atoms with E-state index in [4.69, 9.17) is 9.84 Å². The molecule has 0 spiro atoms. The summed E-state index contributed by atoms with van der Waals surface area (Å²) in [5.41, 5.74) is 0.660. The zero-order valence-electron chi connectivity index (χ0n) is 6.73. The molecule has 0 saturated heterocycles. The van der Waals surface area contributed by atoms with E-state index in [1.54, 1.807) is 24.3 Å². The second-order valence-electron chi connectivity index (χ2n) is 2.36. The first-order chi connectivity index (χ1) is 5.75. The van der Waals surface area contributed by atoms with E-state index in [0.29, 0.717) is 5.56 Å². The van der Waals surface area contributed by atoms with Crippen molar-refractivity contribution in [3.05, 3.63) is 35.9 Å². The van der Waals surface area contributed by atoms with Gasteiger partial charge >= 0.3 is 35.5 Å². The molecule has 1 atom stereocenters. The molecule has 0 aromatic heterocycles. The Bertz CT molecular complexity index is 261. The molecule has 66 valence electrons. The van der Waals surface area contributed by atoms with Gasteiger partial charge in [0.15, 0.2) is 6.10 Å². The van der Waals surface area contributed by atoms with E-state index in [1.807, 2.05) is 6.07 Å². The molecule has 0 aliphatic carbocycles. The summed E-state index contributed by atoms with van der Waals surface area (Å²) in [6, 6.07) is 8.84. The molecule has 3 nitrogen and oxygen atoms in total. The van der Waals surface area contributed by atoms with Crippen LogP contribution in [-0.4, -0.2) is 47.7 Å². The van der Waals surface area contributed by atoms with Crippen molar-refractivity contribution >= 4 is 35.5 Å². The van der Waals surface area contributed by atoms with Gasteiger partial charge in [0.05, 0.1) is 0 Å². The zero-order valence-corrected chi connectivity index (χ0v) is 6.73. The minimum absolute atomic E-state index is 0. The summed E-state index contributed by atoms with van der Waals surface area (Å²) < 4.78 is 4.80. The molecule has 0 bridgehead atoms. The molecular weight excluding hydrogens is 179 g/mol. The van der Waals surface area contributed by atoms with Crippen LogP contribution in [0.1, 0.15) is 11.7 Å². The van der Waals surface area contributed by atoms with Gasteiger partial charge in [0.1, 0.15) is 0 Å². The molecular formula is C9H11NaO3. The van der Waals surface area contributed by atoms with Gasteiger partial charge in [-0.15, -0.1) is 0 Å². The molecule has 0 fully saturated rings. The van der Waals surface area contributed by atoms with Crippen LogP contribution in [0.3, 0.4) is 0 Å². The third kappa shape index (κ3) is 3.48. The van der Waals surface area contributed by atoms with Gasteiger partial charge in [-0.1, -0.05) is 30.3 Å². The first kappa shape index (κ1) is 12.7. The van der Waals surface area contributed by atoms with E-state index in [9.17, 15) is 4.79 Å². The Labute approximate surface area is 99.0 Å². The SMILES string of the molecule is COC(C(=O)O)c1ccccc1.[NaH]. The number of carbonyl (C=O) groups is 1. The Morgan fingerprint density at radius 3 is 2.31 bits per heavy atom. The van der Waals surface area contributed by atoms with Crippen LogP contribution in [0, 0.1) is 0 Å². The number of aliphatic carboxylic acids is 1. The van der Waals surface area contributed by atoms with Crippen LogP contribution in [0.15, 0.2) is 30.3 Å². The number of hydrogen-bond donors (Lipinski definition) is 1. The summed E-state index contributed by atoms with van der Waals surface area (Å²) >= 11 is 0. The first-order valence-corrected chi connectivity index (χ1v) is 3.56. The molecule has 0 aliphatic rings. The maximum absolute atomic E-state index is 10.6. The number of ether oxygens (including phenoxy) is 1. The molecule has 0 aliphatic heterocycles. The summed E-state index contributed by atoms with van der Waals surface area (Å²) in [4.78, 5) is 10.6. The van der Waals surface area contributed by atoms with Gasteiger partial charge in [-0.2, -0.15) is 0 Å². The van der Waals surface area contributed by atoms with Crippen LogP contribution in [0.2, 0.25) is 0 Å². The van der Waals surface area contributed by atoms with Crippen LogP contribution in [0.5, 0.6) is 0 Å². The topological polar surface area (TPSA) is 46.5 Å². The van der Waals surface area contributed by atoms with Crippen LogP contribution in [0.4, 0.5) is 0 Å². The summed E-state index contributed by atoms with van der Waals surface area (Å²) in [6.07, 6.45) is -0.855. The average Bonchev–Trinajstić information content (AvgIpc) is 2.07. The Morgan fingerprint density at radius 1 is 1.38 bits per heavy atom. The molecule has 0 saturated carbocycles. The van der Waals surface area contributed by atoms with Crippen molar-refractivity contribution in [2.24, 2.45) is 0 Å². The molecule has 1 N–H and O–H groups in total. The monoisotopic (exact) mass is 190 g/mol. The maximum atomic E-state index is 10.6. The summed E-state index contributed by atoms with van der Waals surface area (Å²) in [5, 5.41) is 8.70. The molecule has 0 heterocycles. The van der Waals surface area contributed by atoms with Crippen LogP contribution < -0.4 is 0 Å². The number of carboxylic acid groups (broad SMARTS) is 1. The van der Waals surface area contributed by atoms with E-state index < -0.39 is 12.1 Å². The van der Waals surface area contributed by atoms with Gasteiger partial charge < -0.3 is 9.84 Å². The first-order valence-electron chi connectivity index (χ1n) is 3.56. The van der Waals surface area contributed by atoms with Gasteiger partial charge in [0.2, 0.25) is 0 Å². The van der Waals surface area contributed by atoms with Gasteiger partial charge in [-0.3, -0.25) is 0 Å². The van der Waals surface area contributed by atoms with E-state index in [1.165, 1.54) is 7.11 Å². The second kappa shape index (κ2) is 6.16. The molecule has 4 heteroatoms. The number of benzene rings is 1. The molecule has 1 unspecified atom stereocenters. The van der Waals surface area contributed by atoms with Crippen LogP contribution in [0.25, 0.3) is 0 Å². The molecule has 13 heavy (non-hydrogen) atoms. The van der Waals surface area contributed by atoms with Crippen LogP contribution in [-0.2, 0) is 9.53 Å². The summed E-state index contributed by atoms with van der Waals surface area (Å²) in [5.74, 6) is -0.969. The number of methoxy groups -OCH3 is 1. The van der Waals surface area contributed by atoms with Crippen molar-refractivity contribution < 1.29 is 14.6 Å². The van der Waals surface area contributed by atoms with Crippen molar-refractivity contribution in [1.29, 1.82) is 0 Å². The van der Waals surface area contributed by atoms with E-state index in [0.717, 1.165) is 0 Å². The normalized spacial score (nSPS) is 11.5. The van der Waals surface area contributed by atoms with Crippen molar-refractivity contribution in [2.45, 2.75) is 6.10 Å². The minimum atomic E-state index is -0.969. The van der Waals surface area contributed by atoms with Crippen molar-refractivity contribution in [3.63, 3.8) is 0 Å². The van der Waals surface area contributed by atoms with E-state index in [-0.39, 0.29) is 29.6 Å². The fourth-order valence-electron chi connectivity index (χ4n) is 1.01. The summed E-state index contributed by atoms with van der Waals surface area (Å²) in [7, 11) is 1.38. The van der Waals surface area contributed by atoms with Gasteiger partial charge in [-0.25, -0.2) is 4.79 Å². The Hall–Kier alpha value is -0.350. The van der Waals surface area contributed by atoms with Gasteiger partial charge in [0.25, 0.3) is 0 Å². The quantitative estimate of drug-likeness (QED) is 0.717. The molecule has 0 amide bonds. The standard InChI is InChI=1S/C9H10O3.Na.H/c1-12-8(9(10)11)7-5-3-2-4-6-7;;/h2-6,8H,1H3,(H,10,11);;. The Kier molecular flexibility index (Phi) is 5.99. The fraction of sp³-hybridized carbons (Fsp3) is 0.222. The average molecular weight is 190 g/mol. The fourth-order valence-corrected chi connectivity index (χ4v) is 1.01. The Morgan fingerprint density at radius 2 is 1.92 bits per heavy atom. The second-order valence-corrected chi connectivity index (χ2v) is 2.36. The van der Waals surface area contributed by atoms with Crippen molar-refractivity contribution in [3.8, 4) is 0 Å². The third-order valence-electron chi connectivity index (χ3n) is 1.56. The predicted octanol–water partition coefficient (Wildman–Crippen LogP) is 0.810. The van der Waals surface area contributed by atoms with Crippen LogP contribution >= 0.6 is 0 Å². The molecule has 0 radical (unpaired) electrons. The van der Waals surface area contributed by atoms with E-state index in [2.05, 4.69) is 0 Å². The summed E-state index contributed by atoms with van der Waals surface area (Å²) in [6.45, 7) is 0. The number of rotatable bonds is 3. The molecule has 1 aromatic carbocycles. The number of carboxylic acids is 1. The van der Waals surface area contributed by atoms with Crippen molar-refractivity contribution in [2.75, 3.05) is 7.11 Å². The zero-order chi connectivity index (χ0) is 8.97. The molecule has 1 rings (SSSR count). The predicted molar refractivity (Wildman–Crippen MR) is 51.0 cm³/mol. The third-order valence-corrected chi connectivity index (χ3v) is 1.56. The van der Waals surface area contributed by atoms with Gasteiger partial charge in [0, 0.05) is 7.11 Å². The number of hydrogen-bond acceptors (Lipinski definition) is 2. The molecule has 1 aromatic rings.